The van der Waals surface area contributed by atoms with Gasteiger partial charge in [0.05, 0.1) is 10.6 Å². The summed E-state index contributed by atoms with van der Waals surface area (Å²) in [6.07, 6.45) is 4.61. The molecule has 4 aromatic rings. The van der Waals surface area contributed by atoms with Gasteiger partial charge in [0.15, 0.2) is 0 Å². The molecule has 0 spiro atoms. The lowest BCUT2D eigenvalue weighted by molar-refractivity contribution is 0.442. The van der Waals surface area contributed by atoms with E-state index in [1.165, 1.54) is 18.3 Å². The fourth-order valence-corrected chi connectivity index (χ4v) is 3.82. The molecule has 2 aromatic carbocycles. The Morgan fingerprint density at radius 1 is 0.893 bits per heavy atom. The first kappa shape index (κ1) is 18.3. The van der Waals surface area contributed by atoms with Crippen LogP contribution in [-0.4, -0.2) is 27.6 Å². The molecule has 0 saturated heterocycles. The summed E-state index contributed by atoms with van der Waals surface area (Å²) in [6.45, 7) is 0. The summed E-state index contributed by atoms with van der Waals surface area (Å²) in [5, 5.41) is 4.22. The van der Waals surface area contributed by atoms with E-state index < -0.39 is 10.0 Å². The van der Waals surface area contributed by atoms with Gasteiger partial charge in [-0.05, 0) is 60.7 Å². The minimum Gasteiger partial charge on any atom is -0.424 e. The number of hydrogen-bond donors (Lipinski definition) is 0. The molecule has 2 aromatic heterocycles. The summed E-state index contributed by atoms with van der Waals surface area (Å²) in [7, 11) is -3.75. The van der Waals surface area contributed by atoms with Crippen molar-refractivity contribution in [2.24, 2.45) is 0 Å². The molecule has 28 heavy (non-hydrogen) atoms. The van der Waals surface area contributed by atoms with Gasteiger partial charge in [-0.3, -0.25) is 0 Å². The van der Waals surface area contributed by atoms with Crippen LogP contribution in [0.2, 0.25) is 0 Å². The maximum absolute atomic E-state index is 12.7. The number of hydrogen-bond acceptors (Lipinski definition) is 6. The van der Waals surface area contributed by atoms with Gasteiger partial charge in [-0.25, -0.2) is 9.97 Å². The monoisotopic (exact) mass is 456 g/mol. The highest BCUT2D eigenvalue weighted by molar-refractivity contribution is 9.10. The lowest BCUT2D eigenvalue weighted by Gasteiger charge is -2.05. The summed E-state index contributed by atoms with van der Waals surface area (Å²) in [5.41, 5.74) is 1.29. The Balaban J connectivity index is 1.56. The second-order valence-electron chi connectivity index (χ2n) is 5.69. The van der Waals surface area contributed by atoms with Crippen LogP contribution in [0.15, 0.2) is 88.6 Å². The predicted octanol–water partition coefficient (Wildman–Crippen LogP) is 4.13. The van der Waals surface area contributed by atoms with Gasteiger partial charge in [0.1, 0.15) is 5.75 Å². The van der Waals surface area contributed by atoms with E-state index in [1.807, 2.05) is 0 Å². The van der Waals surface area contributed by atoms with Gasteiger partial charge in [-0.15, -0.1) is 0 Å². The summed E-state index contributed by atoms with van der Waals surface area (Å²) in [4.78, 5) is 8.16. The molecular weight excluding hydrogens is 444 g/mol. The Morgan fingerprint density at radius 3 is 2.25 bits per heavy atom. The fourth-order valence-electron chi connectivity index (χ4n) is 2.45. The van der Waals surface area contributed by atoms with E-state index in [-0.39, 0.29) is 10.9 Å². The average molecular weight is 457 g/mol. The third kappa shape index (κ3) is 3.80. The Kier molecular flexibility index (Phi) is 4.93. The third-order valence-electron chi connectivity index (χ3n) is 3.83. The van der Waals surface area contributed by atoms with Crippen LogP contribution in [0.25, 0.3) is 11.3 Å². The first-order valence-corrected chi connectivity index (χ1v) is 10.4. The van der Waals surface area contributed by atoms with E-state index in [0.717, 1.165) is 14.1 Å². The summed E-state index contributed by atoms with van der Waals surface area (Å²) in [6, 6.07) is 17.1. The van der Waals surface area contributed by atoms with E-state index in [9.17, 15) is 8.42 Å². The molecule has 140 valence electrons. The summed E-state index contributed by atoms with van der Waals surface area (Å²) in [5.74, 6) is 0.567. The Labute approximate surface area is 169 Å². The molecule has 0 bridgehead atoms. The van der Waals surface area contributed by atoms with Crippen molar-refractivity contribution in [2.45, 2.75) is 4.90 Å². The van der Waals surface area contributed by atoms with Gasteiger partial charge in [0.25, 0.3) is 10.0 Å². The molecule has 7 nitrogen and oxygen atoms in total. The largest absolute Gasteiger partial charge is 0.424 e. The molecule has 2 heterocycles. The highest BCUT2D eigenvalue weighted by Gasteiger charge is 2.18. The van der Waals surface area contributed by atoms with Crippen LogP contribution in [0.3, 0.4) is 0 Å². The van der Waals surface area contributed by atoms with Crippen molar-refractivity contribution in [1.82, 2.24) is 19.2 Å². The second-order valence-corrected chi connectivity index (χ2v) is 8.40. The maximum atomic E-state index is 12.7. The Hall–Kier alpha value is -3.04. The molecule has 0 N–H and O–H groups in total. The van der Waals surface area contributed by atoms with Crippen molar-refractivity contribution >= 4 is 26.0 Å². The first-order chi connectivity index (χ1) is 13.5. The zero-order chi connectivity index (χ0) is 19.6. The molecule has 0 aliphatic rings. The van der Waals surface area contributed by atoms with Gasteiger partial charge >= 0.3 is 6.01 Å². The topological polar surface area (TPSA) is 87.0 Å². The highest BCUT2D eigenvalue weighted by Crippen LogP contribution is 2.24. The standard InChI is InChI=1S/C19H13BrN4O3S/c20-15-4-8-17(9-5-15)28(25,26)24-13-10-18(23-24)14-2-6-16(7-3-14)27-19-21-11-1-12-22-19/h1-13H. The molecule has 0 saturated carbocycles. The van der Waals surface area contributed by atoms with Crippen LogP contribution >= 0.6 is 15.9 Å². The lowest BCUT2D eigenvalue weighted by Crippen LogP contribution is -2.13. The van der Waals surface area contributed by atoms with Gasteiger partial charge in [-0.1, -0.05) is 15.9 Å². The van der Waals surface area contributed by atoms with Gasteiger partial charge in [0, 0.05) is 28.6 Å². The van der Waals surface area contributed by atoms with E-state index in [2.05, 4.69) is 31.0 Å². The van der Waals surface area contributed by atoms with Gasteiger partial charge < -0.3 is 4.74 Å². The van der Waals surface area contributed by atoms with Crippen molar-refractivity contribution in [3.8, 4) is 23.0 Å². The average Bonchev–Trinajstić information content (AvgIpc) is 3.21. The summed E-state index contributed by atoms with van der Waals surface area (Å²) < 4.78 is 32.7. The molecular formula is C19H13BrN4O3S. The van der Waals surface area contributed by atoms with E-state index in [0.29, 0.717) is 11.4 Å². The van der Waals surface area contributed by atoms with E-state index in [1.54, 1.807) is 60.9 Å². The zero-order valence-corrected chi connectivity index (χ0v) is 16.7. The predicted molar refractivity (Wildman–Crippen MR) is 106 cm³/mol. The van der Waals surface area contributed by atoms with Crippen molar-refractivity contribution < 1.29 is 13.2 Å². The number of halogens is 1. The SMILES string of the molecule is O=S(=O)(c1ccc(Br)cc1)n1ccc(-c2ccc(Oc3ncccn3)cc2)n1. The minimum absolute atomic E-state index is 0.164. The number of rotatable bonds is 5. The zero-order valence-electron chi connectivity index (χ0n) is 14.3. The van der Waals surface area contributed by atoms with E-state index in [4.69, 9.17) is 4.74 Å². The highest BCUT2D eigenvalue weighted by atomic mass is 79.9. The number of aromatic nitrogens is 4. The van der Waals surface area contributed by atoms with Crippen LogP contribution in [0, 0.1) is 0 Å². The van der Waals surface area contributed by atoms with Crippen LogP contribution in [0.5, 0.6) is 11.8 Å². The molecule has 0 aliphatic carbocycles. The van der Waals surface area contributed by atoms with Crippen molar-refractivity contribution in [2.75, 3.05) is 0 Å². The smallest absolute Gasteiger partial charge is 0.321 e. The molecule has 9 heteroatoms. The Morgan fingerprint density at radius 2 is 1.57 bits per heavy atom. The molecule has 0 unspecified atom stereocenters. The summed E-state index contributed by atoms with van der Waals surface area (Å²) >= 11 is 3.29. The van der Waals surface area contributed by atoms with Crippen LogP contribution in [0.4, 0.5) is 0 Å². The normalized spacial score (nSPS) is 11.3. The maximum Gasteiger partial charge on any atom is 0.321 e. The van der Waals surface area contributed by atoms with Crippen LogP contribution in [-0.2, 0) is 10.0 Å². The van der Waals surface area contributed by atoms with E-state index >= 15 is 0 Å². The van der Waals surface area contributed by atoms with Crippen LogP contribution < -0.4 is 4.74 Å². The van der Waals surface area contributed by atoms with Crippen molar-refractivity contribution in [1.29, 1.82) is 0 Å². The molecule has 0 aliphatic heterocycles. The molecule has 0 amide bonds. The van der Waals surface area contributed by atoms with Gasteiger partial charge in [0.2, 0.25) is 0 Å². The second kappa shape index (κ2) is 7.53. The van der Waals surface area contributed by atoms with Crippen molar-refractivity contribution in [3.63, 3.8) is 0 Å². The van der Waals surface area contributed by atoms with Gasteiger partial charge in [-0.2, -0.15) is 17.6 Å². The number of ether oxygens (including phenoxy) is 1. The number of nitrogens with zero attached hydrogens (tertiary/aromatic N) is 4. The molecule has 0 atom stereocenters. The minimum atomic E-state index is -3.75. The Bertz CT molecular complexity index is 1190. The third-order valence-corrected chi connectivity index (χ3v) is 5.92. The quantitative estimate of drug-likeness (QED) is 0.448. The molecule has 0 fully saturated rings. The van der Waals surface area contributed by atoms with Crippen molar-refractivity contribution in [3.05, 3.63) is 83.7 Å². The number of benzene rings is 2. The molecule has 0 radical (unpaired) electrons. The van der Waals surface area contributed by atoms with Crippen LogP contribution in [0.1, 0.15) is 0 Å². The fraction of sp³-hybridized carbons (Fsp3) is 0. The lowest BCUT2D eigenvalue weighted by atomic mass is 10.1. The first-order valence-electron chi connectivity index (χ1n) is 8.14. The molecule has 4 rings (SSSR count).